The molecule has 112 valence electrons. The van der Waals surface area contributed by atoms with E-state index in [1.54, 1.807) is 0 Å². The van der Waals surface area contributed by atoms with Crippen LogP contribution in [0.3, 0.4) is 0 Å². The van der Waals surface area contributed by atoms with Crippen molar-refractivity contribution >= 4 is 5.97 Å². The number of carbonyl (C=O) groups is 1. The molecular formula is C14H29N3O2. The Labute approximate surface area is 117 Å². The van der Waals surface area contributed by atoms with Gasteiger partial charge in [-0.3, -0.25) is 14.6 Å². The van der Waals surface area contributed by atoms with Gasteiger partial charge in [-0.25, -0.2) is 0 Å². The van der Waals surface area contributed by atoms with E-state index >= 15 is 0 Å². The maximum atomic E-state index is 11.5. The first kappa shape index (κ1) is 16.4. The molecule has 0 amide bonds. The summed E-state index contributed by atoms with van der Waals surface area (Å²) in [5.41, 5.74) is 0. The van der Waals surface area contributed by atoms with Crippen molar-refractivity contribution in [3.8, 4) is 0 Å². The molecule has 19 heavy (non-hydrogen) atoms. The first-order valence-corrected chi connectivity index (χ1v) is 7.29. The molecule has 1 heterocycles. The van der Waals surface area contributed by atoms with Crippen LogP contribution in [0.15, 0.2) is 0 Å². The van der Waals surface area contributed by atoms with Crippen molar-refractivity contribution in [3.63, 3.8) is 0 Å². The van der Waals surface area contributed by atoms with Crippen LogP contribution in [0.4, 0.5) is 0 Å². The third-order valence-electron chi connectivity index (χ3n) is 3.66. The second kappa shape index (κ2) is 8.51. The van der Waals surface area contributed by atoms with Crippen molar-refractivity contribution in [2.24, 2.45) is 0 Å². The minimum atomic E-state index is -0.0787. The van der Waals surface area contributed by atoms with Crippen molar-refractivity contribution in [2.75, 3.05) is 60.0 Å². The maximum Gasteiger partial charge on any atom is 0.307 e. The van der Waals surface area contributed by atoms with Crippen LogP contribution in [0.2, 0.25) is 0 Å². The Morgan fingerprint density at radius 2 is 1.89 bits per heavy atom. The number of carbonyl (C=O) groups excluding carboxylic acids is 1. The van der Waals surface area contributed by atoms with E-state index in [2.05, 4.69) is 35.7 Å². The molecule has 1 fully saturated rings. The molecule has 1 aliphatic rings. The number of hydrogen-bond acceptors (Lipinski definition) is 5. The quantitative estimate of drug-likeness (QED) is 0.631. The second-order valence-electron chi connectivity index (χ2n) is 5.54. The number of ether oxygens (including phenoxy) is 1. The monoisotopic (exact) mass is 271 g/mol. The minimum absolute atomic E-state index is 0.0787. The molecule has 5 nitrogen and oxygen atoms in total. The molecule has 0 bridgehead atoms. The van der Waals surface area contributed by atoms with Crippen LogP contribution in [0.1, 0.15) is 20.3 Å². The largest absolute Gasteiger partial charge is 0.466 e. The highest BCUT2D eigenvalue weighted by Gasteiger charge is 2.22. The Kier molecular flexibility index (Phi) is 7.34. The highest BCUT2D eigenvalue weighted by atomic mass is 16.5. The molecular weight excluding hydrogens is 242 g/mol. The molecule has 1 rings (SSSR count). The average molecular weight is 271 g/mol. The third kappa shape index (κ3) is 6.36. The molecule has 1 atom stereocenters. The summed E-state index contributed by atoms with van der Waals surface area (Å²) in [6.45, 7) is 11.0. The fraction of sp³-hybridized carbons (Fsp3) is 0.929. The van der Waals surface area contributed by atoms with Gasteiger partial charge in [0.05, 0.1) is 13.0 Å². The van der Waals surface area contributed by atoms with Crippen molar-refractivity contribution in [3.05, 3.63) is 0 Å². The number of esters is 1. The van der Waals surface area contributed by atoms with Gasteiger partial charge in [-0.1, -0.05) is 0 Å². The molecule has 0 spiro atoms. The van der Waals surface area contributed by atoms with E-state index in [1.807, 2.05) is 6.92 Å². The predicted octanol–water partition coefficient (Wildman–Crippen LogP) is 0.507. The van der Waals surface area contributed by atoms with Gasteiger partial charge in [0.15, 0.2) is 0 Å². The molecule has 1 aliphatic heterocycles. The second-order valence-corrected chi connectivity index (χ2v) is 5.54. The average Bonchev–Trinajstić information content (AvgIpc) is 2.37. The van der Waals surface area contributed by atoms with Gasteiger partial charge >= 0.3 is 5.97 Å². The van der Waals surface area contributed by atoms with Gasteiger partial charge in [0.2, 0.25) is 0 Å². The molecule has 5 heteroatoms. The maximum absolute atomic E-state index is 11.5. The van der Waals surface area contributed by atoms with Crippen molar-refractivity contribution in [2.45, 2.75) is 26.3 Å². The van der Waals surface area contributed by atoms with Gasteiger partial charge in [-0.05, 0) is 27.9 Å². The van der Waals surface area contributed by atoms with Crippen molar-refractivity contribution in [1.29, 1.82) is 0 Å². The zero-order valence-corrected chi connectivity index (χ0v) is 12.9. The molecule has 0 saturated carbocycles. The Hall–Kier alpha value is -0.650. The van der Waals surface area contributed by atoms with Gasteiger partial charge in [-0.15, -0.1) is 0 Å². The first-order valence-electron chi connectivity index (χ1n) is 7.29. The molecule has 0 aliphatic carbocycles. The van der Waals surface area contributed by atoms with Crippen molar-refractivity contribution in [1.82, 2.24) is 14.7 Å². The van der Waals surface area contributed by atoms with Crippen LogP contribution in [-0.2, 0) is 9.53 Å². The van der Waals surface area contributed by atoms with E-state index in [4.69, 9.17) is 4.74 Å². The lowest BCUT2D eigenvalue weighted by atomic mass is 10.1. The number of rotatable bonds is 7. The van der Waals surface area contributed by atoms with Gasteiger partial charge in [0, 0.05) is 45.3 Å². The lowest BCUT2D eigenvalue weighted by Gasteiger charge is -2.38. The van der Waals surface area contributed by atoms with Crippen LogP contribution in [0, 0.1) is 0 Å². The normalized spacial score (nSPS) is 19.6. The topological polar surface area (TPSA) is 36.0 Å². The standard InChI is InChI=1S/C14H29N3O2/c1-5-19-14(18)12-13(2)17-10-8-16(9-11-17)7-6-15(3)4/h13H,5-12H2,1-4H3. The first-order chi connectivity index (χ1) is 9.02. The third-order valence-corrected chi connectivity index (χ3v) is 3.66. The van der Waals surface area contributed by atoms with Gasteiger partial charge < -0.3 is 9.64 Å². The van der Waals surface area contributed by atoms with E-state index in [0.29, 0.717) is 13.0 Å². The molecule has 1 unspecified atom stereocenters. The number of nitrogens with zero attached hydrogens (tertiary/aromatic N) is 3. The highest BCUT2D eigenvalue weighted by Crippen LogP contribution is 2.09. The van der Waals surface area contributed by atoms with Crippen molar-refractivity contribution < 1.29 is 9.53 Å². The summed E-state index contributed by atoms with van der Waals surface area (Å²) in [6.07, 6.45) is 0.505. The van der Waals surface area contributed by atoms with Gasteiger partial charge in [0.1, 0.15) is 0 Å². The lowest BCUT2D eigenvalue weighted by Crippen LogP contribution is -2.51. The summed E-state index contributed by atoms with van der Waals surface area (Å²) in [7, 11) is 4.22. The molecule has 0 N–H and O–H groups in total. The zero-order valence-electron chi connectivity index (χ0n) is 12.9. The molecule has 0 aromatic carbocycles. The smallest absolute Gasteiger partial charge is 0.307 e. The SMILES string of the molecule is CCOC(=O)CC(C)N1CCN(CCN(C)C)CC1. The number of likely N-dealkylation sites (N-methyl/N-ethyl adjacent to an activating group) is 1. The molecule has 1 saturated heterocycles. The molecule has 0 aromatic rings. The highest BCUT2D eigenvalue weighted by molar-refractivity contribution is 5.70. The Morgan fingerprint density at radius 3 is 2.42 bits per heavy atom. The van der Waals surface area contributed by atoms with Crippen LogP contribution < -0.4 is 0 Å². The summed E-state index contributed by atoms with van der Waals surface area (Å²) in [4.78, 5) is 18.6. The summed E-state index contributed by atoms with van der Waals surface area (Å²) < 4.78 is 5.01. The van der Waals surface area contributed by atoms with E-state index in [0.717, 1.165) is 39.3 Å². The zero-order chi connectivity index (χ0) is 14.3. The fourth-order valence-electron chi connectivity index (χ4n) is 2.36. The summed E-state index contributed by atoms with van der Waals surface area (Å²) in [5, 5.41) is 0. The van der Waals surface area contributed by atoms with Crippen LogP contribution in [0.5, 0.6) is 0 Å². The van der Waals surface area contributed by atoms with Crippen LogP contribution >= 0.6 is 0 Å². The summed E-state index contributed by atoms with van der Waals surface area (Å²) in [6, 6.07) is 0.287. The van der Waals surface area contributed by atoms with Crippen LogP contribution in [0.25, 0.3) is 0 Å². The summed E-state index contributed by atoms with van der Waals surface area (Å²) in [5.74, 6) is -0.0787. The number of hydrogen-bond donors (Lipinski definition) is 0. The molecule has 0 radical (unpaired) electrons. The minimum Gasteiger partial charge on any atom is -0.466 e. The van der Waals surface area contributed by atoms with Gasteiger partial charge in [-0.2, -0.15) is 0 Å². The fourth-order valence-corrected chi connectivity index (χ4v) is 2.36. The van der Waals surface area contributed by atoms with E-state index in [1.165, 1.54) is 0 Å². The Morgan fingerprint density at radius 1 is 1.26 bits per heavy atom. The summed E-state index contributed by atoms with van der Waals surface area (Å²) >= 11 is 0. The van der Waals surface area contributed by atoms with Gasteiger partial charge in [0.25, 0.3) is 0 Å². The van der Waals surface area contributed by atoms with Crippen LogP contribution in [-0.4, -0.2) is 86.7 Å². The number of piperazine rings is 1. The van der Waals surface area contributed by atoms with E-state index in [-0.39, 0.29) is 12.0 Å². The molecule has 0 aromatic heterocycles. The Bertz CT molecular complexity index is 263. The van der Waals surface area contributed by atoms with E-state index in [9.17, 15) is 4.79 Å². The Balaban J connectivity index is 2.23. The predicted molar refractivity (Wildman–Crippen MR) is 77.3 cm³/mol. The van der Waals surface area contributed by atoms with E-state index < -0.39 is 0 Å². The lowest BCUT2D eigenvalue weighted by molar-refractivity contribution is -0.144.